The van der Waals surface area contributed by atoms with Crippen LogP contribution in [0.1, 0.15) is 16.9 Å². The van der Waals surface area contributed by atoms with E-state index < -0.39 is 0 Å². The maximum absolute atomic E-state index is 12.7. The normalized spacial score (nSPS) is 13.8. The molecule has 1 aliphatic heterocycles. The van der Waals surface area contributed by atoms with Crippen LogP contribution in [0.15, 0.2) is 76.1 Å². The van der Waals surface area contributed by atoms with Crippen LogP contribution < -0.4 is 15.6 Å². The number of furan rings is 1. The fourth-order valence-corrected chi connectivity index (χ4v) is 3.86. The minimum absolute atomic E-state index is 0.132. The average Bonchev–Trinajstić information content (AvgIpc) is 2.92. The van der Waals surface area contributed by atoms with Gasteiger partial charge in [-0.3, -0.25) is 9.36 Å². The molecule has 0 saturated heterocycles. The van der Waals surface area contributed by atoms with E-state index in [2.05, 4.69) is 11.4 Å². The van der Waals surface area contributed by atoms with Crippen molar-refractivity contribution in [2.24, 2.45) is 0 Å². The van der Waals surface area contributed by atoms with Crippen LogP contribution in [0.5, 0.6) is 5.75 Å². The van der Waals surface area contributed by atoms with E-state index in [9.17, 15) is 4.79 Å². The molecule has 0 radical (unpaired) electrons. The van der Waals surface area contributed by atoms with Crippen LogP contribution in [0.25, 0.3) is 16.7 Å². The van der Waals surface area contributed by atoms with E-state index in [-0.39, 0.29) is 5.56 Å². The van der Waals surface area contributed by atoms with Gasteiger partial charge in [0.25, 0.3) is 5.56 Å². The molecular formula is C24H22N2O3. The van der Waals surface area contributed by atoms with E-state index >= 15 is 0 Å². The fraction of sp³-hybridized carbons (Fsp3) is 0.208. The summed E-state index contributed by atoms with van der Waals surface area (Å²) in [6.07, 6.45) is 3.61. The average molecular weight is 386 g/mol. The predicted octanol–water partition coefficient (Wildman–Crippen LogP) is 3.85. The Labute approximate surface area is 168 Å². The van der Waals surface area contributed by atoms with Gasteiger partial charge in [-0.25, -0.2) is 0 Å². The van der Waals surface area contributed by atoms with E-state index in [0.29, 0.717) is 12.4 Å². The summed E-state index contributed by atoms with van der Waals surface area (Å²) in [5, 5.41) is 4.54. The first kappa shape index (κ1) is 17.8. The number of hydrogen-bond acceptors (Lipinski definition) is 4. The summed E-state index contributed by atoms with van der Waals surface area (Å²) in [5.41, 5.74) is 3.85. The summed E-state index contributed by atoms with van der Waals surface area (Å²) in [4.78, 5) is 12.7. The van der Waals surface area contributed by atoms with Crippen LogP contribution >= 0.6 is 0 Å². The molecule has 2 aromatic heterocycles. The summed E-state index contributed by atoms with van der Waals surface area (Å²) < 4.78 is 13.5. The number of hydrogen-bond donors (Lipinski definition) is 1. The molecule has 0 amide bonds. The highest BCUT2D eigenvalue weighted by Gasteiger charge is 2.17. The second-order valence-electron chi connectivity index (χ2n) is 7.28. The highest BCUT2D eigenvalue weighted by Crippen LogP contribution is 2.29. The molecule has 0 spiro atoms. The van der Waals surface area contributed by atoms with Crippen molar-refractivity contribution in [1.29, 1.82) is 0 Å². The molecule has 0 unspecified atom stereocenters. The van der Waals surface area contributed by atoms with Crippen molar-refractivity contribution >= 4 is 11.0 Å². The first-order chi connectivity index (χ1) is 14.3. The molecule has 0 bridgehead atoms. The van der Waals surface area contributed by atoms with Gasteiger partial charge in [-0.2, -0.15) is 0 Å². The number of pyridine rings is 1. The van der Waals surface area contributed by atoms with Crippen LogP contribution in [-0.2, 0) is 19.4 Å². The lowest BCUT2D eigenvalue weighted by Crippen LogP contribution is -2.17. The highest BCUT2D eigenvalue weighted by molar-refractivity contribution is 5.84. The van der Waals surface area contributed by atoms with Crippen LogP contribution in [0, 0.1) is 0 Å². The van der Waals surface area contributed by atoms with Gasteiger partial charge in [-0.05, 0) is 36.7 Å². The van der Waals surface area contributed by atoms with E-state index in [1.54, 1.807) is 10.8 Å². The molecule has 0 atom stereocenters. The predicted molar refractivity (Wildman–Crippen MR) is 113 cm³/mol. The number of fused-ring (bicyclic) bond motifs is 3. The van der Waals surface area contributed by atoms with Gasteiger partial charge in [0.05, 0.1) is 5.69 Å². The van der Waals surface area contributed by atoms with Crippen molar-refractivity contribution in [3.05, 3.63) is 94.1 Å². The molecule has 0 saturated carbocycles. The third kappa shape index (κ3) is 3.57. The Morgan fingerprint density at radius 3 is 2.72 bits per heavy atom. The van der Waals surface area contributed by atoms with Crippen molar-refractivity contribution in [3.8, 4) is 11.4 Å². The number of ether oxygens (including phenoxy) is 1. The van der Waals surface area contributed by atoms with E-state index in [1.165, 1.54) is 11.6 Å². The third-order valence-electron chi connectivity index (χ3n) is 5.36. The Balaban J connectivity index is 1.41. The zero-order chi connectivity index (χ0) is 19.6. The van der Waals surface area contributed by atoms with Gasteiger partial charge in [0.1, 0.15) is 23.7 Å². The zero-order valence-electron chi connectivity index (χ0n) is 16.1. The van der Waals surface area contributed by atoms with Crippen molar-refractivity contribution in [3.63, 3.8) is 0 Å². The van der Waals surface area contributed by atoms with Crippen LogP contribution in [-0.4, -0.2) is 17.7 Å². The van der Waals surface area contributed by atoms with Gasteiger partial charge in [0, 0.05) is 42.2 Å². The Morgan fingerprint density at radius 1 is 1.00 bits per heavy atom. The van der Waals surface area contributed by atoms with Crippen molar-refractivity contribution in [1.82, 2.24) is 9.88 Å². The van der Waals surface area contributed by atoms with Gasteiger partial charge in [0.2, 0.25) is 0 Å². The lowest BCUT2D eigenvalue weighted by molar-refractivity contribution is 0.305. The summed E-state index contributed by atoms with van der Waals surface area (Å²) in [6.45, 7) is 2.33. The number of nitrogens with one attached hydrogen (secondary N) is 1. The fourth-order valence-electron chi connectivity index (χ4n) is 3.86. The van der Waals surface area contributed by atoms with Crippen LogP contribution in [0.3, 0.4) is 0 Å². The minimum atomic E-state index is -0.132. The molecule has 5 rings (SSSR count). The molecular weight excluding hydrogens is 364 g/mol. The third-order valence-corrected chi connectivity index (χ3v) is 5.36. The lowest BCUT2D eigenvalue weighted by atomic mass is 10.1. The Bertz CT molecular complexity index is 1210. The molecule has 2 aromatic carbocycles. The highest BCUT2D eigenvalue weighted by atomic mass is 16.5. The molecule has 1 N–H and O–H groups in total. The van der Waals surface area contributed by atoms with Crippen molar-refractivity contribution in [2.45, 2.75) is 19.4 Å². The van der Waals surface area contributed by atoms with Gasteiger partial charge in [-0.15, -0.1) is 0 Å². The minimum Gasteiger partial charge on any atom is -0.489 e. The van der Waals surface area contributed by atoms with Gasteiger partial charge in [0.15, 0.2) is 0 Å². The van der Waals surface area contributed by atoms with E-state index in [0.717, 1.165) is 53.9 Å². The Kier molecular flexibility index (Phi) is 4.66. The lowest BCUT2D eigenvalue weighted by Gasteiger charge is -2.09. The Hall–Kier alpha value is -3.31. The van der Waals surface area contributed by atoms with E-state index in [4.69, 9.17) is 9.15 Å². The zero-order valence-corrected chi connectivity index (χ0v) is 16.1. The second kappa shape index (κ2) is 7.60. The molecule has 0 aliphatic carbocycles. The number of nitrogens with zero attached hydrogens (tertiary/aromatic N) is 1. The largest absolute Gasteiger partial charge is 0.489 e. The maximum Gasteiger partial charge on any atom is 0.258 e. The first-order valence-electron chi connectivity index (χ1n) is 9.93. The molecule has 3 heterocycles. The maximum atomic E-state index is 12.7. The van der Waals surface area contributed by atoms with Crippen molar-refractivity contribution in [2.75, 3.05) is 13.1 Å². The van der Waals surface area contributed by atoms with Crippen molar-refractivity contribution < 1.29 is 9.15 Å². The number of benzene rings is 2. The van der Waals surface area contributed by atoms with Crippen LogP contribution in [0.2, 0.25) is 0 Å². The summed E-state index contributed by atoms with van der Waals surface area (Å²) in [5.74, 6) is 1.62. The topological polar surface area (TPSA) is 56.4 Å². The number of rotatable bonds is 4. The van der Waals surface area contributed by atoms with Gasteiger partial charge >= 0.3 is 0 Å². The van der Waals surface area contributed by atoms with E-state index in [1.807, 2.05) is 48.5 Å². The molecule has 4 aromatic rings. The summed E-state index contributed by atoms with van der Waals surface area (Å²) >= 11 is 0. The molecule has 0 fully saturated rings. The summed E-state index contributed by atoms with van der Waals surface area (Å²) in [6, 6.07) is 19.2. The number of aromatic nitrogens is 1. The standard InChI is InChI=1S/C24H22N2O3/c27-24-15-19(28-16-17-4-2-1-3-5-17)10-13-26(24)18-6-7-20-21-8-11-25-12-9-22(21)29-23(20)14-18/h1-7,10,13-15,25H,8-9,11-12,16H2. The van der Waals surface area contributed by atoms with Gasteiger partial charge < -0.3 is 14.5 Å². The Morgan fingerprint density at radius 2 is 1.86 bits per heavy atom. The SMILES string of the molecule is O=c1cc(OCc2ccccc2)ccn1-c1ccc2c3c(oc2c1)CCNCC3. The molecule has 146 valence electrons. The molecule has 1 aliphatic rings. The second-order valence-corrected chi connectivity index (χ2v) is 7.28. The molecule has 29 heavy (non-hydrogen) atoms. The monoisotopic (exact) mass is 386 g/mol. The first-order valence-corrected chi connectivity index (χ1v) is 9.93. The smallest absolute Gasteiger partial charge is 0.258 e. The van der Waals surface area contributed by atoms with Gasteiger partial charge in [-0.1, -0.05) is 30.3 Å². The molecule has 5 nitrogen and oxygen atoms in total. The summed E-state index contributed by atoms with van der Waals surface area (Å²) in [7, 11) is 0. The molecule has 5 heteroatoms. The quantitative estimate of drug-likeness (QED) is 0.579. The van der Waals surface area contributed by atoms with Crippen LogP contribution in [0.4, 0.5) is 0 Å².